The molecule has 0 heterocycles. The molecule has 2 nitrogen and oxygen atoms in total. The number of benzene rings is 2. The summed E-state index contributed by atoms with van der Waals surface area (Å²) < 4.78 is 14.2. The fraction of sp³-hybridized carbons (Fsp3) is 0. The van der Waals surface area contributed by atoms with Crippen LogP contribution < -0.4 is 11.1 Å². The highest BCUT2D eigenvalue weighted by Gasteiger charge is 1.99. The Bertz CT molecular complexity index is 494. The summed E-state index contributed by atoms with van der Waals surface area (Å²) in [4.78, 5) is 0. The van der Waals surface area contributed by atoms with Crippen LogP contribution in [-0.2, 0) is 0 Å². The average Bonchev–Trinajstić information content (AvgIpc) is 2.15. The fourth-order valence-electron chi connectivity index (χ4n) is 1.42. The zero-order valence-corrected chi connectivity index (χ0v) is 10.5. The minimum Gasteiger partial charge on any atom is -0.399 e. The second-order valence-electron chi connectivity index (χ2n) is 3.41. The Morgan fingerprint density at radius 3 is 2.56 bits per heavy atom. The van der Waals surface area contributed by atoms with Crippen LogP contribution in [0.5, 0.6) is 0 Å². The van der Waals surface area contributed by atoms with Gasteiger partial charge in [0.1, 0.15) is 5.82 Å². The van der Waals surface area contributed by atoms with Crippen molar-refractivity contribution in [1.29, 1.82) is 0 Å². The van der Waals surface area contributed by atoms with E-state index in [1.807, 2.05) is 24.3 Å². The van der Waals surface area contributed by atoms with Crippen LogP contribution in [0.3, 0.4) is 0 Å². The Morgan fingerprint density at radius 1 is 1.06 bits per heavy atom. The predicted molar refractivity (Wildman–Crippen MR) is 73.3 cm³/mol. The lowest BCUT2D eigenvalue weighted by molar-refractivity contribution is 0.629. The Labute approximate surface area is 107 Å². The number of nitrogen functional groups attached to an aromatic ring is 1. The van der Waals surface area contributed by atoms with Crippen LogP contribution in [0.4, 0.5) is 21.5 Å². The van der Waals surface area contributed by atoms with Gasteiger partial charge >= 0.3 is 0 Å². The Hall–Kier alpha value is -1.30. The molecule has 0 saturated carbocycles. The molecule has 82 valence electrons. The maximum Gasteiger partial charge on any atom is 0.127 e. The Kier molecular flexibility index (Phi) is 3.28. The first-order valence-corrected chi connectivity index (χ1v) is 5.80. The minimum atomic E-state index is -0.340. The Morgan fingerprint density at radius 2 is 1.88 bits per heavy atom. The lowest BCUT2D eigenvalue weighted by Crippen LogP contribution is -1.94. The molecular weight excluding hydrogens is 318 g/mol. The molecule has 0 saturated heterocycles. The smallest absolute Gasteiger partial charge is 0.127 e. The lowest BCUT2D eigenvalue weighted by Gasteiger charge is -2.07. The monoisotopic (exact) mass is 328 g/mol. The largest absolute Gasteiger partial charge is 0.399 e. The molecule has 0 aromatic heterocycles. The second-order valence-corrected chi connectivity index (χ2v) is 4.65. The third-order valence-corrected chi connectivity index (χ3v) is 2.70. The first-order chi connectivity index (χ1) is 7.63. The van der Waals surface area contributed by atoms with E-state index in [1.165, 1.54) is 12.1 Å². The molecule has 2 aromatic carbocycles. The van der Waals surface area contributed by atoms with Gasteiger partial charge in [0.15, 0.2) is 0 Å². The van der Waals surface area contributed by atoms with E-state index in [2.05, 4.69) is 27.9 Å². The van der Waals surface area contributed by atoms with Gasteiger partial charge in [-0.3, -0.25) is 0 Å². The van der Waals surface area contributed by atoms with Crippen molar-refractivity contribution in [2.24, 2.45) is 0 Å². The van der Waals surface area contributed by atoms with Gasteiger partial charge in [-0.2, -0.15) is 0 Å². The van der Waals surface area contributed by atoms with E-state index in [0.29, 0.717) is 11.4 Å². The number of nitrogens with one attached hydrogen (secondary N) is 1. The van der Waals surface area contributed by atoms with Crippen molar-refractivity contribution in [3.05, 3.63) is 51.9 Å². The van der Waals surface area contributed by atoms with Crippen LogP contribution in [-0.4, -0.2) is 0 Å². The van der Waals surface area contributed by atoms with Crippen LogP contribution in [0, 0.1) is 9.39 Å². The summed E-state index contributed by atoms with van der Waals surface area (Å²) in [6.45, 7) is 0. The number of halogens is 2. The molecule has 0 bridgehead atoms. The maximum absolute atomic E-state index is 13.1. The Balaban J connectivity index is 2.27. The number of rotatable bonds is 2. The van der Waals surface area contributed by atoms with Crippen molar-refractivity contribution in [1.82, 2.24) is 0 Å². The van der Waals surface area contributed by atoms with Gasteiger partial charge in [0.2, 0.25) is 0 Å². The molecule has 0 spiro atoms. The third-order valence-electron chi connectivity index (χ3n) is 2.03. The number of nitrogens with two attached hydrogens (primary N) is 1. The first kappa shape index (κ1) is 11.2. The van der Waals surface area contributed by atoms with Crippen molar-refractivity contribution in [3.63, 3.8) is 0 Å². The van der Waals surface area contributed by atoms with Crippen LogP contribution in [0.25, 0.3) is 0 Å². The zero-order valence-electron chi connectivity index (χ0n) is 8.37. The van der Waals surface area contributed by atoms with E-state index < -0.39 is 0 Å². The molecule has 0 aliphatic rings. The molecule has 3 N–H and O–H groups in total. The van der Waals surface area contributed by atoms with Gasteiger partial charge in [0.25, 0.3) is 0 Å². The first-order valence-electron chi connectivity index (χ1n) is 4.72. The van der Waals surface area contributed by atoms with E-state index >= 15 is 0 Å². The summed E-state index contributed by atoms with van der Waals surface area (Å²) >= 11 is 2.22. The standard InChI is InChI=1S/C12H10FIN2/c13-8-4-10(15)7-12(5-8)16-11-3-1-2-9(14)6-11/h1-7,16H,15H2. The minimum absolute atomic E-state index is 0.340. The maximum atomic E-state index is 13.1. The predicted octanol–water partition coefficient (Wildman–Crippen LogP) is 3.76. The second kappa shape index (κ2) is 4.69. The molecule has 2 rings (SSSR count). The van der Waals surface area contributed by atoms with Gasteiger partial charge in [-0.25, -0.2) is 4.39 Å². The lowest BCUT2D eigenvalue weighted by atomic mass is 10.2. The summed E-state index contributed by atoms with van der Waals surface area (Å²) in [7, 11) is 0. The van der Waals surface area contributed by atoms with Gasteiger partial charge in [-0.1, -0.05) is 6.07 Å². The number of hydrogen-bond donors (Lipinski definition) is 2. The van der Waals surface area contributed by atoms with Crippen LogP contribution >= 0.6 is 22.6 Å². The van der Waals surface area contributed by atoms with Crippen LogP contribution in [0.1, 0.15) is 0 Å². The highest BCUT2D eigenvalue weighted by molar-refractivity contribution is 14.1. The van der Waals surface area contributed by atoms with Crippen LogP contribution in [0.2, 0.25) is 0 Å². The summed E-state index contributed by atoms with van der Waals surface area (Å²) in [5, 5.41) is 3.10. The topological polar surface area (TPSA) is 38.0 Å². The normalized spacial score (nSPS) is 10.1. The molecule has 0 aliphatic carbocycles. The fourth-order valence-corrected chi connectivity index (χ4v) is 1.96. The summed E-state index contributed by atoms with van der Waals surface area (Å²) in [5.74, 6) is -0.340. The molecular formula is C12H10FIN2. The molecule has 0 aliphatic heterocycles. The van der Waals surface area contributed by atoms with Gasteiger partial charge in [-0.15, -0.1) is 0 Å². The third kappa shape index (κ3) is 2.85. The quantitative estimate of drug-likeness (QED) is 0.651. The molecule has 0 radical (unpaired) electrons. The summed E-state index contributed by atoms with van der Waals surface area (Å²) in [6, 6.07) is 12.2. The molecule has 2 aromatic rings. The highest BCUT2D eigenvalue weighted by Crippen LogP contribution is 2.21. The van der Waals surface area contributed by atoms with Crippen molar-refractivity contribution < 1.29 is 4.39 Å². The van der Waals surface area contributed by atoms with Crippen molar-refractivity contribution in [2.75, 3.05) is 11.1 Å². The summed E-state index contributed by atoms with van der Waals surface area (Å²) in [5.41, 5.74) is 7.54. The summed E-state index contributed by atoms with van der Waals surface area (Å²) in [6.07, 6.45) is 0. The van der Waals surface area contributed by atoms with Gasteiger partial charge in [-0.05, 0) is 59.0 Å². The molecule has 4 heteroatoms. The van der Waals surface area contributed by atoms with E-state index in [0.717, 1.165) is 9.26 Å². The van der Waals surface area contributed by atoms with Gasteiger partial charge < -0.3 is 11.1 Å². The van der Waals surface area contributed by atoms with Gasteiger partial charge in [0.05, 0.1) is 0 Å². The highest BCUT2D eigenvalue weighted by atomic mass is 127. The van der Waals surface area contributed by atoms with Crippen molar-refractivity contribution in [3.8, 4) is 0 Å². The molecule has 0 atom stereocenters. The molecule has 0 fully saturated rings. The molecule has 0 amide bonds. The SMILES string of the molecule is Nc1cc(F)cc(Nc2cccc(I)c2)c1. The van der Waals surface area contributed by atoms with E-state index in [4.69, 9.17) is 5.73 Å². The van der Waals surface area contributed by atoms with E-state index in [-0.39, 0.29) is 5.82 Å². The number of anilines is 3. The van der Waals surface area contributed by atoms with E-state index in [1.54, 1.807) is 6.07 Å². The van der Waals surface area contributed by atoms with Crippen LogP contribution in [0.15, 0.2) is 42.5 Å². The average molecular weight is 328 g/mol. The van der Waals surface area contributed by atoms with E-state index in [9.17, 15) is 4.39 Å². The number of hydrogen-bond acceptors (Lipinski definition) is 2. The molecule has 0 unspecified atom stereocenters. The zero-order chi connectivity index (χ0) is 11.5. The van der Waals surface area contributed by atoms with Crippen molar-refractivity contribution >= 4 is 39.7 Å². The van der Waals surface area contributed by atoms with Gasteiger partial charge in [0, 0.05) is 20.6 Å². The van der Waals surface area contributed by atoms with Crippen molar-refractivity contribution in [2.45, 2.75) is 0 Å². The molecule has 16 heavy (non-hydrogen) atoms.